The van der Waals surface area contributed by atoms with Crippen LogP contribution in [0.25, 0.3) is 10.2 Å². The second-order valence-corrected chi connectivity index (χ2v) is 9.11. The summed E-state index contributed by atoms with van der Waals surface area (Å²) < 4.78 is 15.1. The van der Waals surface area contributed by atoms with E-state index in [9.17, 15) is 9.18 Å². The van der Waals surface area contributed by atoms with Gasteiger partial charge in [0.25, 0.3) is 5.91 Å². The van der Waals surface area contributed by atoms with Crippen LogP contribution < -0.4 is 5.32 Å². The van der Waals surface area contributed by atoms with Crippen LogP contribution in [-0.4, -0.2) is 45.8 Å². The van der Waals surface area contributed by atoms with Crippen molar-refractivity contribution < 1.29 is 9.18 Å². The Morgan fingerprint density at radius 3 is 2.62 bits per heavy atom. The molecule has 4 rings (SSSR count). The molecule has 3 aromatic rings. The number of aromatic nitrogens is 2. The van der Waals surface area contributed by atoms with Crippen LogP contribution in [0.3, 0.4) is 0 Å². The molecule has 1 saturated heterocycles. The van der Waals surface area contributed by atoms with E-state index in [4.69, 9.17) is 0 Å². The van der Waals surface area contributed by atoms with Crippen molar-refractivity contribution in [3.63, 3.8) is 0 Å². The van der Waals surface area contributed by atoms with E-state index in [1.807, 2.05) is 17.7 Å². The van der Waals surface area contributed by atoms with Crippen molar-refractivity contribution in [2.24, 2.45) is 0 Å². The van der Waals surface area contributed by atoms with E-state index in [2.05, 4.69) is 29.2 Å². The minimum Gasteiger partial charge on any atom is -0.349 e. The number of nitrogens with zero attached hydrogens (tertiary/aromatic N) is 3. The molecular formula is C22H27FN4OS. The molecule has 29 heavy (non-hydrogen) atoms. The number of fused-ring (bicyclic) bond motifs is 1. The molecule has 1 aromatic carbocycles. The summed E-state index contributed by atoms with van der Waals surface area (Å²) >= 11 is 1.47. The third kappa shape index (κ3) is 4.36. The fraction of sp³-hybridized carbons (Fsp3) is 0.455. The SMILES string of the molecule is Cc1nn(Cc2ccc(F)cc2)c2sc(C(=O)NC3CCN(C(C)C)CC3)cc12. The Morgan fingerprint density at radius 1 is 1.28 bits per heavy atom. The summed E-state index contributed by atoms with van der Waals surface area (Å²) in [4.78, 5) is 17.0. The van der Waals surface area contributed by atoms with Crippen molar-refractivity contribution >= 4 is 27.5 Å². The molecule has 0 aliphatic carbocycles. The van der Waals surface area contributed by atoms with Crippen molar-refractivity contribution in [3.05, 3.63) is 52.3 Å². The Morgan fingerprint density at radius 2 is 1.97 bits per heavy atom. The van der Waals surface area contributed by atoms with Gasteiger partial charge in [0, 0.05) is 30.6 Å². The molecule has 0 saturated carbocycles. The fourth-order valence-corrected chi connectivity index (χ4v) is 4.98. The summed E-state index contributed by atoms with van der Waals surface area (Å²) in [7, 11) is 0. The van der Waals surface area contributed by atoms with E-state index < -0.39 is 0 Å². The predicted molar refractivity (Wildman–Crippen MR) is 115 cm³/mol. The highest BCUT2D eigenvalue weighted by Gasteiger charge is 2.24. The van der Waals surface area contributed by atoms with Gasteiger partial charge in [-0.05, 0) is 57.4 Å². The van der Waals surface area contributed by atoms with Crippen LogP contribution in [0, 0.1) is 12.7 Å². The lowest BCUT2D eigenvalue weighted by molar-refractivity contribution is 0.0905. The molecule has 0 spiro atoms. The number of benzene rings is 1. The molecular weight excluding hydrogens is 387 g/mol. The zero-order chi connectivity index (χ0) is 20.5. The largest absolute Gasteiger partial charge is 0.349 e. The highest BCUT2D eigenvalue weighted by Crippen LogP contribution is 2.29. The molecule has 1 fully saturated rings. The summed E-state index contributed by atoms with van der Waals surface area (Å²) in [6.07, 6.45) is 1.98. The first kappa shape index (κ1) is 20.0. The van der Waals surface area contributed by atoms with Gasteiger partial charge in [-0.25, -0.2) is 4.39 Å². The molecule has 1 aliphatic rings. The maximum Gasteiger partial charge on any atom is 0.261 e. The van der Waals surface area contributed by atoms with Gasteiger partial charge in [0.1, 0.15) is 10.6 Å². The minimum atomic E-state index is -0.246. The summed E-state index contributed by atoms with van der Waals surface area (Å²) in [6.45, 7) is 9.00. The smallest absolute Gasteiger partial charge is 0.261 e. The van der Waals surface area contributed by atoms with E-state index in [1.54, 1.807) is 12.1 Å². The molecule has 0 radical (unpaired) electrons. The highest BCUT2D eigenvalue weighted by molar-refractivity contribution is 7.20. The monoisotopic (exact) mass is 414 g/mol. The number of halogens is 1. The zero-order valence-electron chi connectivity index (χ0n) is 17.1. The number of rotatable bonds is 5. The zero-order valence-corrected chi connectivity index (χ0v) is 17.9. The second kappa shape index (κ2) is 8.24. The summed E-state index contributed by atoms with van der Waals surface area (Å²) in [6, 6.07) is 9.19. The van der Waals surface area contributed by atoms with E-state index in [-0.39, 0.29) is 17.8 Å². The Labute approximate surface area is 174 Å². The molecule has 5 nitrogen and oxygen atoms in total. The molecule has 1 aliphatic heterocycles. The number of carbonyl (C=O) groups excluding carboxylic acids is 1. The van der Waals surface area contributed by atoms with Gasteiger partial charge in [-0.1, -0.05) is 12.1 Å². The first-order valence-electron chi connectivity index (χ1n) is 10.2. The lowest BCUT2D eigenvalue weighted by atomic mass is 10.0. The number of hydrogen-bond donors (Lipinski definition) is 1. The maximum atomic E-state index is 13.2. The number of carbonyl (C=O) groups is 1. The van der Waals surface area contributed by atoms with E-state index in [0.717, 1.165) is 52.3 Å². The van der Waals surface area contributed by atoms with Crippen molar-refractivity contribution in [2.45, 2.75) is 52.2 Å². The van der Waals surface area contributed by atoms with Crippen molar-refractivity contribution in [2.75, 3.05) is 13.1 Å². The quantitative estimate of drug-likeness (QED) is 0.681. The Kier molecular flexibility index (Phi) is 5.69. The molecule has 0 bridgehead atoms. The molecule has 1 N–H and O–H groups in total. The van der Waals surface area contributed by atoms with Crippen LogP contribution in [0.15, 0.2) is 30.3 Å². The van der Waals surface area contributed by atoms with Crippen molar-refractivity contribution in [1.29, 1.82) is 0 Å². The van der Waals surface area contributed by atoms with Gasteiger partial charge in [-0.3, -0.25) is 9.48 Å². The summed E-state index contributed by atoms with van der Waals surface area (Å²) in [5.41, 5.74) is 1.88. The van der Waals surface area contributed by atoms with Gasteiger partial charge < -0.3 is 10.2 Å². The van der Waals surface area contributed by atoms with Crippen LogP contribution in [0.1, 0.15) is 47.6 Å². The van der Waals surface area contributed by atoms with Gasteiger partial charge in [0.2, 0.25) is 0 Å². The summed E-state index contributed by atoms with van der Waals surface area (Å²) in [5, 5.41) is 8.83. The standard InChI is InChI=1S/C22H27FN4OS/c1-14(2)26-10-8-18(9-11-26)24-21(28)20-12-19-15(3)25-27(22(19)29-20)13-16-4-6-17(23)7-5-16/h4-7,12,14,18H,8-11,13H2,1-3H3,(H,24,28). The third-order valence-corrected chi connectivity index (χ3v) is 6.82. The number of aryl methyl sites for hydroxylation is 1. The molecule has 1 amide bonds. The minimum absolute atomic E-state index is 0.00179. The van der Waals surface area contributed by atoms with Crippen LogP contribution in [-0.2, 0) is 6.54 Å². The third-order valence-electron chi connectivity index (χ3n) is 5.67. The number of hydrogen-bond acceptors (Lipinski definition) is 4. The molecule has 2 aromatic heterocycles. The van der Waals surface area contributed by atoms with Crippen LogP contribution in [0.5, 0.6) is 0 Å². The Balaban J connectivity index is 1.47. The average molecular weight is 415 g/mol. The molecule has 7 heteroatoms. The molecule has 0 unspecified atom stereocenters. The van der Waals surface area contributed by atoms with Crippen LogP contribution in [0.2, 0.25) is 0 Å². The Hall–Kier alpha value is -2.25. The predicted octanol–water partition coefficient (Wildman–Crippen LogP) is 4.20. The van der Waals surface area contributed by atoms with Gasteiger partial charge in [0.05, 0.1) is 17.1 Å². The molecule has 0 atom stereocenters. The lowest BCUT2D eigenvalue weighted by Crippen LogP contribution is -2.46. The summed E-state index contributed by atoms with van der Waals surface area (Å²) in [5.74, 6) is -0.244. The Bertz CT molecular complexity index is 1000. The first-order valence-corrected chi connectivity index (χ1v) is 11.0. The number of amides is 1. The first-order chi connectivity index (χ1) is 13.9. The van der Waals surface area contributed by atoms with E-state index in [0.29, 0.717) is 12.6 Å². The second-order valence-electron chi connectivity index (χ2n) is 8.08. The average Bonchev–Trinajstić information content (AvgIpc) is 3.26. The molecule has 3 heterocycles. The van der Waals surface area contributed by atoms with E-state index >= 15 is 0 Å². The van der Waals surface area contributed by atoms with Gasteiger partial charge in [-0.2, -0.15) is 5.10 Å². The number of likely N-dealkylation sites (tertiary alicyclic amines) is 1. The van der Waals surface area contributed by atoms with Gasteiger partial charge in [0.15, 0.2) is 0 Å². The van der Waals surface area contributed by atoms with E-state index in [1.165, 1.54) is 23.5 Å². The highest BCUT2D eigenvalue weighted by atomic mass is 32.1. The van der Waals surface area contributed by atoms with Crippen LogP contribution >= 0.6 is 11.3 Å². The number of thiophene rings is 1. The van der Waals surface area contributed by atoms with Gasteiger partial charge >= 0.3 is 0 Å². The fourth-order valence-electron chi connectivity index (χ4n) is 3.91. The van der Waals surface area contributed by atoms with Crippen LogP contribution in [0.4, 0.5) is 4.39 Å². The normalized spacial score (nSPS) is 16.0. The van der Waals surface area contributed by atoms with Crippen molar-refractivity contribution in [3.8, 4) is 0 Å². The number of nitrogens with one attached hydrogen (secondary N) is 1. The lowest BCUT2D eigenvalue weighted by Gasteiger charge is -2.34. The van der Waals surface area contributed by atoms with Gasteiger partial charge in [-0.15, -0.1) is 11.3 Å². The maximum absolute atomic E-state index is 13.2. The topological polar surface area (TPSA) is 50.2 Å². The number of piperidine rings is 1. The molecule has 154 valence electrons. The van der Waals surface area contributed by atoms with Crippen molar-refractivity contribution in [1.82, 2.24) is 20.0 Å².